The van der Waals surface area contributed by atoms with Crippen LogP contribution in [-0.4, -0.2) is 6.21 Å². The molecule has 0 fully saturated rings. The lowest BCUT2D eigenvalue weighted by Crippen LogP contribution is -1.94. The van der Waals surface area contributed by atoms with Gasteiger partial charge >= 0.3 is 0 Å². The van der Waals surface area contributed by atoms with E-state index in [0.29, 0.717) is 0 Å². The fourth-order valence-electron chi connectivity index (χ4n) is 1.15. The van der Waals surface area contributed by atoms with Gasteiger partial charge in [-0.25, -0.2) is 13.8 Å². The molecule has 0 heterocycles. The van der Waals surface area contributed by atoms with E-state index in [1.165, 1.54) is 13.1 Å². The molecule has 0 atom stereocenters. The maximum atomic E-state index is 13.5. The second kappa shape index (κ2) is 5.17. The smallest absolute Gasteiger partial charge is 0.133 e. The van der Waals surface area contributed by atoms with Crippen LogP contribution in [0.1, 0.15) is 11.1 Å². The van der Waals surface area contributed by atoms with E-state index in [9.17, 15) is 8.78 Å². The van der Waals surface area contributed by atoms with Gasteiger partial charge in [-0.2, -0.15) is 5.26 Å². The average molecular weight is 232 g/mol. The molecule has 4 heteroatoms. The Labute approximate surface area is 98.2 Å². The highest BCUT2D eigenvalue weighted by atomic mass is 19.1. The second-order valence-electron chi connectivity index (χ2n) is 3.42. The van der Waals surface area contributed by atoms with Gasteiger partial charge in [0, 0.05) is 11.8 Å². The lowest BCUT2D eigenvalue weighted by atomic mass is 10.1. The first-order valence-electron chi connectivity index (χ1n) is 4.73. The van der Waals surface area contributed by atoms with Crippen molar-refractivity contribution in [2.24, 2.45) is 4.99 Å². The third-order valence-corrected chi connectivity index (χ3v) is 2.10. The van der Waals surface area contributed by atoms with Crippen LogP contribution in [0.2, 0.25) is 0 Å². The zero-order valence-electron chi connectivity index (χ0n) is 9.30. The summed E-state index contributed by atoms with van der Waals surface area (Å²) in [7, 11) is 0. The molecule has 0 N–H and O–H groups in total. The molecule has 2 nitrogen and oxygen atoms in total. The molecule has 86 valence electrons. The number of benzene rings is 1. The topological polar surface area (TPSA) is 36.1 Å². The molecule has 0 spiro atoms. The lowest BCUT2D eigenvalue weighted by molar-refractivity contribution is 0.590. The van der Waals surface area contributed by atoms with E-state index >= 15 is 0 Å². The van der Waals surface area contributed by atoms with Crippen molar-refractivity contribution in [1.29, 1.82) is 5.26 Å². The number of aryl methyl sites for hydroxylation is 1. The van der Waals surface area contributed by atoms with Crippen molar-refractivity contribution >= 4 is 11.8 Å². The number of halogens is 2. The van der Waals surface area contributed by atoms with Gasteiger partial charge in [0.05, 0.1) is 0 Å². The molecule has 0 aliphatic heterocycles. The maximum absolute atomic E-state index is 13.5. The highest BCUT2D eigenvalue weighted by Gasteiger charge is 2.08. The predicted molar refractivity (Wildman–Crippen MR) is 63.4 cm³/mol. The number of nitrogens with zero attached hydrogens (tertiary/aromatic N) is 2. The largest absolute Gasteiger partial charge is 0.246 e. The van der Waals surface area contributed by atoms with Crippen LogP contribution in [0.15, 0.2) is 36.0 Å². The first-order chi connectivity index (χ1) is 7.95. The van der Waals surface area contributed by atoms with Crippen LogP contribution >= 0.6 is 0 Å². The molecule has 1 aromatic carbocycles. The number of nitriles is 1. The van der Waals surface area contributed by atoms with Gasteiger partial charge in [-0.1, -0.05) is 13.2 Å². The second-order valence-corrected chi connectivity index (χ2v) is 3.42. The van der Waals surface area contributed by atoms with Gasteiger partial charge in [-0.3, -0.25) is 0 Å². The van der Waals surface area contributed by atoms with Gasteiger partial charge in [0.25, 0.3) is 0 Å². The first-order valence-corrected chi connectivity index (χ1v) is 4.73. The Hall–Kier alpha value is -2.28. The fourth-order valence-corrected chi connectivity index (χ4v) is 1.15. The van der Waals surface area contributed by atoms with Gasteiger partial charge < -0.3 is 0 Å². The SMILES string of the molecule is C=C(C#N)/N=C/C(=C)c1cc(F)c(C)cc1F. The minimum atomic E-state index is -0.581. The van der Waals surface area contributed by atoms with Crippen molar-refractivity contribution in [3.63, 3.8) is 0 Å². The molecule has 0 aliphatic rings. The molecule has 0 amide bonds. The van der Waals surface area contributed by atoms with Gasteiger partial charge in [-0.05, 0) is 30.2 Å². The van der Waals surface area contributed by atoms with Crippen molar-refractivity contribution in [2.75, 3.05) is 0 Å². The Bertz CT molecular complexity index is 551. The van der Waals surface area contributed by atoms with Gasteiger partial charge in [-0.15, -0.1) is 0 Å². The summed E-state index contributed by atoms with van der Waals surface area (Å²) in [5.41, 5.74) is 0.386. The minimum Gasteiger partial charge on any atom is -0.246 e. The van der Waals surface area contributed by atoms with Crippen molar-refractivity contribution in [2.45, 2.75) is 6.92 Å². The lowest BCUT2D eigenvalue weighted by Gasteiger charge is -2.04. The molecule has 1 rings (SSSR count). The van der Waals surface area contributed by atoms with Gasteiger partial charge in [0.2, 0.25) is 0 Å². The molecule has 0 aromatic heterocycles. The molecule has 0 radical (unpaired) electrons. The molecule has 0 aliphatic carbocycles. The zero-order valence-corrected chi connectivity index (χ0v) is 9.30. The Balaban J connectivity index is 3.06. The Morgan fingerprint density at radius 1 is 1.35 bits per heavy atom. The predicted octanol–water partition coefficient (Wildman–Crippen LogP) is 3.39. The molecule has 0 saturated carbocycles. The molecule has 1 aromatic rings. The van der Waals surface area contributed by atoms with E-state index in [-0.39, 0.29) is 22.4 Å². The van der Waals surface area contributed by atoms with E-state index in [4.69, 9.17) is 5.26 Å². The van der Waals surface area contributed by atoms with Gasteiger partial charge in [0.15, 0.2) is 0 Å². The van der Waals surface area contributed by atoms with Crippen LogP contribution < -0.4 is 0 Å². The summed E-state index contributed by atoms with van der Waals surface area (Å²) in [5, 5.41) is 8.43. The van der Waals surface area contributed by atoms with Crippen molar-refractivity contribution < 1.29 is 8.78 Å². The third-order valence-electron chi connectivity index (χ3n) is 2.10. The quantitative estimate of drug-likeness (QED) is 0.581. The average Bonchev–Trinajstić information content (AvgIpc) is 2.30. The van der Waals surface area contributed by atoms with Crippen LogP contribution in [0.4, 0.5) is 8.78 Å². The Morgan fingerprint density at radius 2 is 2.00 bits per heavy atom. The highest BCUT2D eigenvalue weighted by molar-refractivity contribution is 6.09. The van der Waals surface area contributed by atoms with Crippen LogP contribution in [0.25, 0.3) is 5.57 Å². The Morgan fingerprint density at radius 3 is 2.59 bits per heavy atom. The zero-order chi connectivity index (χ0) is 13.0. The molecular formula is C13H10F2N2. The van der Waals surface area contributed by atoms with Gasteiger partial charge in [0.1, 0.15) is 23.4 Å². The van der Waals surface area contributed by atoms with Crippen LogP contribution in [-0.2, 0) is 0 Å². The van der Waals surface area contributed by atoms with Crippen LogP contribution in [0.5, 0.6) is 0 Å². The fraction of sp³-hybridized carbons (Fsp3) is 0.0769. The summed E-state index contributed by atoms with van der Waals surface area (Å²) in [5.74, 6) is -1.10. The summed E-state index contributed by atoms with van der Waals surface area (Å²) < 4.78 is 26.8. The minimum absolute atomic E-state index is 0.0163. The monoisotopic (exact) mass is 232 g/mol. The summed E-state index contributed by atoms with van der Waals surface area (Å²) in [4.78, 5) is 3.64. The summed E-state index contributed by atoms with van der Waals surface area (Å²) >= 11 is 0. The van der Waals surface area contributed by atoms with Crippen molar-refractivity contribution in [3.05, 3.63) is 53.7 Å². The van der Waals surface area contributed by atoms with E-state index < -0.39 is 11.6 Å². The normalized spacial score (nSPS) is 10.2. The first kappa shape index (κ1) is 12.8. The molecule has 0 saturated heterocycles. The molecule has 17 heavy (non-hydrogen) atoms. The molecule has 0 unspecified atom stereocenters. The number of aliphatic imine (C=N–C) groups is 1. The summed E-state index contributed by atoms with van der Waals surface area (Å²) in [6.07, 6.45) is 1.18. The number of allylic oxidation sites excluding steroid dienone is 2. The standard InChI is InChI=1S/C13H10F2N2/c1-8-4-13(15)11(5-12(8)14)9(2)7-17-10(3)6-16/h4-5,7H,2-3H2,1H3/b17-7+. The van der Waals surface area contributed by atoms with Crippen LogP contribution in [0, 0.1) is 29.9 Å². The highest BCUT2D eigenvalue weighted by Crippen LogP contribution is 2.19. The van der Waals surface area contributed by atoms with E-state index in [1.807, 2.05) is 0 Å². The maximum Gasteiger partial charge on any atom is 0.133 e. The molecule has 0 bridgehead atoms. The number of rotatable bonds is 3. The van der Waals surface area contributed by atoms with E-state index in [1.54, 1.807) is 6.07 Å². The molecular weight excluding hydrogens is 222 g/mol. The van der Waals surface area contributed by atoms with Crippen molar-refractivity contribution in [1.82, 2.24) is 0 Å². The summed E-state index contributed by atoms with van der Waals surface area (Å²) in [6.45, 7) is 8.35. The third kappa shape index (κ3) is 3.08. The summed E-state index contributed by atoms with van der Waals surface area (Å²) in [6, 6.07) is 3.84. The van der Waals surface area contributed by atoms with Crippen LogP contribution in [0.3, 0.4) is 0 Å². The van der Waals surface area contributed by atoms with E-state index in [2.05, 4.69) is 18.2 Å². The van der Waals surface area contributed by atoms with Crippen molar-refractivity contribution in [3.8, 4) is 6.07 Å². The Kier molecular flexibility index (Phi) is 3.89. The number of hydrogen-bond acceptors (Lipinski definition) is 2. The van der Waals surface area contributed by atoms with E-state index in [0.717, 1.165) is 12.1 Å². The number of hydrogen-bond donors (Lipinski definition) is 0.